The first-order chi connectivity index (χ1) is 9.06. The summed E-state index contributed by atoms with van der Waals surface area (Å²) in [4.78, 5) is 2.45. The van der Waals surface area contributed by atoms with Gasteiger partial charge in [-0.3, -0.25) is 0 Å². The number of hydrogen-bond donors (Lipinski definition) is 0. The van der Waals surface area contributed by atoms with Crippen molar-refractivity contribution in [3.63, 3.8) is 0 Å². The van der Waals surface area contributed by atoms with Crippen LogP contribution in [0, 0.1) is 5.92 Å². The summed E-state index contributed by atoms with van der Waals surface area (Å²) >= 11 is 0. The summed E-state index contributed by atoms with van der Waals surface area (Å²) < 4.78 is 5.45. The van der Waals surface area contributed by atoms with E-state index < -0.39 is 0 Å². The summed E-state index contributed by atoms with van der Waals surface area (Å²) in [6.45, 7) is 2.46. The van der Waals surface area contributed by atoms with Crippen LogP contribution in [0.3, 0.4) is 0 Å². The Morgan fingerprint density at radius 2 is 2.11 bits per heavy atom. The minimum Gasteiger partial charge on any atom is -0.497 e. The summed E-state index contributed by atoms with van der Waals surface area (Å²) in [5, 5.41) is 0. The van der Waals surface area contributed by atoms with E-state index in [1.54, 1.807) is 12.7 Å². The van der Waals surface area contributed by atoms with Gasteiger partial charge in [0.2, 0.25) is 0 Å². The van der Waals surface area contributed by atoms with Gasteiger partial charge in [-0.2, -0.15) is 0 Å². The summed E-state index contributed by atoms with van der Waals surface area (Å²) in [7, 11) is 6.25. The lowest BCUT2D eigenvalue weighted by Gasteiger charge is -2.53. The van der Waals surface area contributed by atoms with Crippen molar-refractivity contribution in [1.82, 2.24) is 4.90 Å². The molecule has 104 valence electrons. The topological polar surface area (TPSA) is 12.5 Å². The normalized spacial score (nSPS) is 33.1. The van der Waals surface area contributed by atoms with Gasteiger partial charge in [-0.1, -0.05) is 19.4 Å². The van der Waals surface area contributed by atoms with E-state index in [1.165, 1.54) is 31.2 Å². The average Bonchev–Trinajstić information content (AvgIpc) is 2.37. The number of methoxy groups -OCH3 is 1. The Morgan fingerprint density at radius 1 is 1.32 bits per heavy atom. The van der Waals surface area contributed by atoms with Crippen molar-refractivity contribution in [3.05, 3.63) is 29.3 Å². The van der Waals surface area contributed by atoms with Crippen LogP contribution in [0.25, 0.3) is 0 Å². The first kappa shape index (κ1) is 13.0. The number of benzene rings is 1. The molecule has 2 unspecified atom stereocenters. The van der Waals surface area contributed by atoms with E-state index >= 15 is 0 Å². The molecule has 0 radical (unpaired) electrons. The van der Waals surface area contributed by atoms with E-state index in [2.05, 4.69) is 44.1 Å². The highest BCUT2D eigenvalue weighted by molar-refractivity contribution is 5.44. The Kier molecular flexibility index (Phi) is 3.09. The van der Waals surface area contributed by atoms with E-state index in [-0.39, 0.29) is 5.41 Å². The predicted molar refractivity (Wildman–Crippen MR) is 78.9 cm³/mol. The minimum absolute atomic E-state index is 0.286. The molecule has 2 bridgehead atoms. The Morgan fingerprint density at radius 3 is 2.79 bits per heavy atom. The van der Waals surface area contributed by atoms with Gasteiger partial charge in [0.1, 0.15) is 5.75 Å². The van der Waals surface area contributed by atoms with E-state index in [9.17, 15) is 0 Å². The second-order valence-electron chi connectivity index (χ2n) is 6.71. The maximum atomic E-state index is 5.45. The summed E-state index contributed by atoms with van der Waals surface area (Å²) in [6, 6.07) is 7.36. The molecule has 3 atom stereocenters. The number of hydrogen-bond acceptors (Lipinski definition) is 2. The molecule has 19 heavy (non-hydrogen) atoms. The van der Waals surface area contributed by atoms with Crippen molar-refractivity contribution in [2.45, 2.75) is 44.1 Å². The van der Waals surface area contributed by atoms with Gasteiger partial charge in [0, 0.05) is 11.5 Å². The van der Waals surface area contributed by atoms with Crippen molar-refractivity contribution in [2.75, 3.05) is 21.2 Å². The lowest BCUT2D eigenvalue weighted by atomic mass is 9.57. The molecule has 0 spiro atoms. The molecular formula is C17H25NO. The zero-order valence-corrected chi connectivity index (χ0v) is 12.6. The van der Waals surface area contributed by atoms with Crippen molar-refractivity contribution >= 4 is 0 Å². The molecule has 0 amide bonds. The van der Waals surface area contributed by atoms with Gasteiger partial charge in [0.25, 0.3) is 0 Å². The number of nitrogens with zero attached hydrogens (tertiary/aromatic N) is 1. The molecule has 2 heteroatoms. The molecule has 0 aromatic heterocycles. The maximum absolute atomic E-state index is 5.45. The van der Waals surface area contributed by atoms with Crippen molar-refractivity contribution in [3.8, 4) is 5.75 Å². The first-order valence-electron chi connectivity index (χ1n) is 7.40. The Balaban J connectivity index is 2.13. The fourth-order valence-electron chi connectivity index (χ4n) is 4.73. The molecule has 2 aliphatic carbocycles. The largest absolute Gasteiger partial charge is 0.497 e. The molecule has 1 saturated carbocycles. The van der Waals surface area contributed by atoms with E-state index in [0.717, 1.165) is 11.7 Å². The van der Waals surface area contributed by atoms with Gasteiger partial charge in [-0.25, -0.2) is 0 Å². The number of fused-ring (bicyclic) bond motifs is 4. The third-order valence-corrected chi connectivity index (χ3v) is 5.34. The zero-order valence-electron chi connectivity index (χ0n) is 12.6. The Hall–Kier alpha value is -1.02. The van der Waals surface area contributed by atoms with E-state index in [0.29, 0.717) is 6.04 Å². The minimum atomic E-state index is 0.286. The standard InChI is InChI=1S/C17H25NO/c1-17-9-5-6-13(16(17)18(2)3)10-12-7-8-14(19-4)11-15(12)17/h7-8,11,13,16H,5-6,9-10H2,1-4H3/t13?,16-,17?/m1/s1. The van der Waals surface area contributed by atoms with Gasteiger partial charge in [-0.15, -0.1) is 0 Å². The van der Waals surface area contributed by atoms with Gasteiger partial charge in [0.15, 0.2) is 0 Å². The summed E-state index contributed by atoms with van der Waals surface area (Å²) in [5.41, 5.74) is 3.36. The lowest BCUT2D eigenvalue weighted by Crippen LogP contribution is -2.56. The second kappa shape index (κ2) is 4.52. The third-order valence-electron chi connectivity index (χ3n) is 5.34. The smallest absolute Gasteiger partial charge is 0.119 e. The third kappa shape index (κ3) is 1.88. The van der Waals surface area contributed by atoms with Crippen LogP contribution < -0.4 is 4.74 Å². The number of likely N-dealkylation sites (N-methyl/N-ethyl adjacent to an activating group) is 1. The molecule has 0 saturated heterocycles. The van der Waals surface area contributed by atoms with Gasteiger partial charge in [-0.05, 0) is 62.5 Å². The van der Waals surface area contributed by atoms with Crippen molar-refractivity contribution in [1.29, 1.82) is 0 Å². The van der Waals surface area contributed by atoms with Crippen LogP contribution in [-0.2, 0) is 11.8 Å². The fraction of sp³-hybridized carbons (Fsp3) is 0.647. The molecule has 0 heterocycles. The quantitative estimate of drug-likeness (QED) is 0.808. The molecule has 2 nitrogen and oxygen atoms in total. The van der Waals surface area contributed by atoms with Crippen LogP contribution in [-0.4, -0.2) is 32.1 Å². The van der Waals surface area contributed by atoms with Crippen molar-refractivity contribution < 1.29 is 4.74 Å². The SMILES string of the molecule is COc1ccc2c(c1)C1(C)CCCC(C2)[C@H]1N(C)C. The van der Waals surface area contributed by atoms with Crippen LogP contribution in [0.15, 0.2) is 18.2 Å². The van der Waals surface area contributed by atoms with E-state index in [4.69, 9.17) is 4.74 Å². The van der Waals surface area contributed by atoms with Crippen molar-refractivity contribution in [2.24, 2.45) is 5.92 Å². The molecule has 1 aromatic carbocycles. The lowest BCUT2D eigenvalue weighted by molar-refractivity contribution is 0.0624. The highest BCUT2D eigenvalue weighted by atomic mass is 16.5. The van der Waals surface area contributed by atoms with Gasteiger partial charge < -0.3 is 9.64 Å². The number of ether oxygens (including phenoxy) is 1. The van der Waals surface area contributed by atoms with E-state index in [1.807, 2.05) is 0 Å². The molecule has 0 N–H and O–H groups in total. The summed E-state index contributed by atoms with van der Waals surface area (Å²) in [6.07, 6.45) is 5.27. The van der Waals surface area contributed by atoms with Crippen LogP contribution >= 0.6 is 0 Å². The summed E-state index contributed by atoms with van der Waals surface area (Å²) in [5.74, 6) is 1.82. The predicted octanol–water partition coefficient (Wildman–Crippen LogP) is 3.24. The second-order valence-corrected chi connectivity index (χ2v) is 6.71. The van der Waals surface area contributed by atoms with Gasteiger partial charge in [0.05, 0.1) is 7.11 Å². The highest BCUT2D eigenvalue weighted by Crippen LogP contribution is 2.50. The fourth-order valence-corrected chi connectivity index (χ4v) is 4.73. The molecule has 1 fully saturated rings. The molecule has 1 aromatic rings. The number of rotatable bonds is 2. The Labute approximate surface area is 116 Å². The zero-order chi connectivity index (χ0) is 13.6. The highest BCUT2D eigenvalue weighted by Gasteiger charge is 2.48. The Bertz CT molecular complexity index is 482. The van der Waals surface area contributed by atoms with Crippen LogP contribution in [0.1, 0.15) is 37.3 Å². The van der Waals surface area contributed by atoms with Crippen LogP contribution in [0.2, 0.25) is 0 Å². The maximum Gasteiger partial charge on any atom is 0.119 e. The average molecular weight is 259 g/mol. The molecule has 0 aliphatic heterocycles. The molecular weight excluding hydrogens is 234 g/mol. The first-order valence-corrected chi connectivity index (χ1v) is 7.40. The molecule has 3 rings (SSSR count). The van der Waals surface area contributed by atoms with Crippen LogP contribution in [0.4, 0.5) is 0 Å². The van der Waals surface area contributed by atoms with Gasteiger partial charge >= 0.3 is 0 Å². The monoisotopic (exact) mass is 259 g/mol. The molecule has 2 aliphatic rings. The van der Waals surface area contributed by atoms with Crippen LogP contribution in [0.5, 0.6) is 5.75 Å².